The molecule has 0 aromatic heterocycles. The average Bonchev–Trinajstić information content (AvgIpc) is 3.33. The van der Waals surface area contributed by atoms with E-state index in [1.54, 1.807) is 0 Å². The second-order valence-corrected chi connectivity index (χ2v) is 23.2. The molecule has 2 aromatic carbocycles. The topological polar surface area (TPSA) is 66.5 Å². The molecule has 2 aliphatic heterocycles. The van der Waals surface area contributed by atoms with Crippen molar-refractivity contribution < 1.29 is 27.8 Å². The van der Waals surface area contributed by atoms with Gasteiger partial charge < -0.3 is 18.2 Å². The van der Waals surface area contributed by atoms with Crippen molar-refractivity contribution in [2.75, 3.05) is 6.61 Å². The van der Waals surface area contributed by atoms with Crippen LogP contribution in [0.2, 0.25) is 37.8 Å². The van der Waals surface area contributed by atoms with Gasteiger partial charge in [-0.25, -0.2) is 5.06 Å². The Kier molecular flexibility index (Phi) is 8.08. The predicted molar refractivity (Wildman–Crippen MR) is 166 cm³/mol. The predicted octanol–water partition coefficient (Wildman–Crippen LogP) is 5.45. The van der Waals surface area contributed by atoms with Crippen LogP contribution in [0.15, 0.2) is 72.8 Å². The van der Waals surface area contributed by atoms with E-state index in [0.29, 0.717) is 6.61 Å². The zero-order valence-corrected chi connectivity index (χ0v) is 27.7. The zero-order chi connectivity index (χ0) is 29.7. The van der Waals surface area contributed by atoms with Crippen molar-refractivity contribution in [1.29, 1.82) is 0 Å². The summed E-state index contributed by atoms with van der Waals surface area (Å²) in [6, 6.07) is 19.9. The Hall–Kier alpha value is -2.05. The highest BCUT2D eigenvalue weighted by Gasteiger charge is 2.67. The third kappa shape index (κ3) is 5.93. The summed E-state index contributed by atoms with van der Waals surface area (Å²) >= 11 is 0. The molecule has 220 valence electrons. The van der Waals surface area contributed by atoms with Gasteiger partial charge in [0.15, 0.2) is 16.6 Å². The van der Waals surface area contributed by atoms with Crippen LogP contribution in [0.4, 0.5) is 0 Å². The summed E-state index contributed by atoms with van der Waals surface area (Å²) in [5, 5.41) is 1.48. The van der Waals surface area contributed by atoms with Crippen LogP contribution in [0.1, 0.15) is 32.8 Å². The molecule has 10 heteroatoms. The number of amides is 1. The first kappa shape index (κ1) is 30.4. The molecule has 7 nitrogen and oxygen atoms in total. The molecular formula is C31H44BNO6Si2. The standard InChI is InChI=1S/C31H44BNO6Si2/c1-29(2,3)41(7,8)38-28-27(37-40(4,5)6)30(21-26(34)33(30)36-22-24-15-11-9-12-16-24)19-20-31(28)23-35-32(39-31)25-17-13-10-14-18-25/h9-20,27-28H,21-23H2,1-8H3/t27-,28+,30+,31-/m1/s1. The highest BCUT2D eigenvalue weighted by Crippen LogP contribution is 2.51. The van der Waals surface area contributed by atoms with Gasteiger partial charge in [0.25, 0.3) is 0 Å². The second kappa shape index (κ2) is 10.9. The number of hydrogen-bond donors (Lipinski definition) is 0. The summed E-state index contributed by atoms with van der Waals surface area (Å²) in [6.45, 7) is 18.3. The summed E-state index contributed by atoms with van der Waals surface area (Å²) in [5.41, 5.74) is 0.264. The number of benzene rings is 2. The third-order valence-electron chi connectivity index (χ3n) is 8.71. The Labute approximate surface area is 247 Å². The van der Waals surface area contributed by atoms with Crippen LogP contribution in [-0.2, 0) is 34.4 Å². The van der Waals surface area contributed by atoms with Crippen molar-refractivity contribution in [2.24, 2.45) is 0 Å². The maximum Gasteiger partial charge on any atom is 0.494 e. The monoisotopic (exact) mass is 593 g/mol. The first-order valence-electron chi connectivity index (χ1n) is 14.6. The van der Waals surface area contributed by atoms with E-state index >= 15 is 0 Å². The fourth-order valence-corrected chi connectivity index (χ4v) is 7.85. The maximum atomic E-state index is 13.2. The molecule has 0 radical (unpaired) electrons. The molecule has 2 heterocycles. The first-order chi connectivity index (χ1) is 19.2. The molecule has 3 aliphatic rings. The van der Waals surface area contributed by atoms with Gasteiger partial charge >= 0.3 is 7.12 Å². The summed E-state index contributed by atoms with van der Waals surface area (Å²) < 4.78 is 27.5. The van der Waals surface area contributed by atoms with Gasteiger partial charge in [-0.15, -0.1) is 0 Å². The minimum absolute atomic E-state index is 0.0521. The van der Waals surface area contributed by atoms with Crippen LogP contribution in [0.5, 0.6) is 0 Å². The molecule has 0 N–H and O–H groups in total. The van der Waals surface area contributed by atoms with Crippen LogP contribution in [-0.4, -0.2) is 64.7 Å². The van der Waals surface area contributed by atoms with Gasteiger partial charge in [-0.2, -0.15) is 0 Å². The minimum atomic E-state index is -2.34. The molecule has 5 rings (SSSR count). The molecule has 2 saturated heterocycles. The molecule has 1 aliphatic carbocycles. The number of hydroxylamine groups is 2. The Morgan fingerprint density at radius 1 is 0.927 bits per heavy atom. The van der Waals surface area contributed by atoms with E-state index < -0.39 is 47.1 Å². The summed E-state index contributed by atoms with van der Waals surface area (Å²) in [4.78, 5) is 19.4. The van der Waals surface area contributed by atoms with Gasteiger partial charge in [0.1, 0.15) is 30.0 Å². The minimum Gasteiger partial charge on any atom is -0.409 e. The second-order valence-electron chi connectivity index (χ2n) is 14.0. The Balaban J connectivity index is 1.56. The zero-order valence-electron chi connectivity index (χ0n) is 25.7. The highest BCUT2D eigenvalue weighted by molar-refractivity contribution is 6.74. The number of nitrogens with zero attached hydrogens (tertiary/aromatic N) is 1. The van der Waals surface area contributed by atoms with Gasteiger partial charge in [-0.3, -0.25) is 9.63 Å². The number of β-lactam (4-membered cyclic amide) rings is 1. The largest absolute Gasteiger partial charge is 0.494 e. The summed E-state index contributed by atoms with van der Waals surface area (Å²) in [7, 11) is -5.02. The van der Waals surface area contributed by atoms with E-state index in [1.165, 1.54) is 5.06 Å². The smallest absolute Gasteiger partial charge is 0.409 e. The molecule has 4 atom stereocenters. The van der Waals surface area contributed by atoms with Gasteiger partial charge in [-0.1, -0.05) is 93.6 Å². The van der Waals surface area contributed by atoms with E-state index in [4.69, 9.17) is 23.0 Å². The quantitative estimate of drug-likeness (QED) is 0.231. The van der Waals surface area contributed by atoms with E-state index in [-0.39, 0.29) is 24.0 Å². The molecule has 0 unspecified atom stereocenters. The molecule has 0 saturated carbocycles. The van der Waals surface area contributed by atoms with E-state index in [9.17, 15) is 4.79 Å². The van der Waals surface area contributed by atoms with Crippen molar-refractivity contribution in [3.8, 4) is 0 Å². The number of hydrogen-bond acceptors (Lipinski definition) is 6. The van der Waals surface area contributed by atoms with Crippen LogP contribution in [0.3, 0.4) is 0 Å². The van der Waals surface area contributed by atoms with E-state index in [0.717, 1.165) is 11.0 Å². The highest BCUT2D eigenvalue weighted by atomic mass is 28.4. The van der Waals surface area contributed by atoms with Crippen LogP contribution >= 0.6 is 0 Å². The molecule has 1 amide bonds. The lowest BCUT2D eigenvalue weighted by Gasteiger charge is -2.60. The molecule has 41 heavy (non-hydrogen) atoms. The molecule has 2 spiro atoms. The van der Waals surface area contributed by atoms with E-state index in [1.807, 2.05) is 60.7 Å². The maximum absolute atomic E-state index is 13.2. The Morgan fingerprint density at radius 3 is 2.15 bits per heavy atom. The fraction of sp³-hybridized carbons (Fsp3) is 0.516. The lowest BCUT2D eigenvalue weighted by atomic mass is 9.69. The van der Waals surface area contributed by atoms with Crippen molar-refractivity contribution >= 4 is 35.1 Å². The van der Waals surface area contributed by atoms with Gasteiger partial charge in [-0.05, 0) is 48.8 Å². The van der Waals surface area contributed by atoms with Gasteiger partial charge in [0.05, 0.1) is 13.0 Å². The molecular weight excluding hydrogens is 549 g/mol. The molecule has 2 aromatic rings. The van der Waals surface area contributed by atoms with Gasteiger partial charge in [0.2, 0.25) is 5.91 Å². The Morgan fingerprint density at radius 2 is 1.56 bits per heavy atom. The molecule has 2 fully saturated rings. The number of rotatable bonds is 8. The van der Waals surface area contributed by atoms with Crippen LogP contribution in [0.25, 0.3) is 0 Å². The lowest BCUT2D eigenvalue weighted by molar-refractivity contribution is -0.279. The summed E-state index contributed by atoms with van der Waals surface area (Å²) in [5.74, 6) is -0.0671. The number of carbonyl (C=O) groups excluding carboxylic acids is 1. The number of carbonyl (C=O) groups is 1. The van der Waals surface area contributed by atoms with Crippen LogP contribution < -0.4 is 5.46 Å². The third-order valence-corrected chi connectivity index (χ3v) is 14.1. The normalized spacial score (nSPS) is 28.5. The average molecular weight is 594 g/mol. The van der Waals surface area contributed by atoms with Crippen molar-refractivity contribution in [3.63, 3.8) is 0 Å². The molecule has 0 bridgehead atoms. The SMILES string of the molecule is CC(C)(C)[Si](C)(C)O[C@H]1[C@@H](O[Si](C)(C)C)[C@]2(C=C[C@@]13COB(c1ccccc1)O3)CC(=O)N2OCc1ccccc1. The lowest BCUT2D eigenvalue weighted by Crippen LogP contribution is -2.77. The van der Waals surface area contributed by atoms with Crippen molar-refractivity contribution in [3.05, 3.63) is 78.4 Å². The fourth-order valence-electron chi connectivity index (χ4n) is 5.45. The van der Waals surface area contributed by atoms with Crippen molar-refractivity contribution in [1.82, 2.24) is 5.06 Å². The van der Waals surface area contributed by atoms with E-state index in [2.05, 4.69) is 65.7 Å². The van der Waals surface area contributed by atoms with Crippen LogP contribution in [0, 0.1) is 0 Å². The Bertz CT molecular complexity index is 1260. The first-order valence-corrected chi connectivity index (χ1v) is 20.9. The van der Waals surface area contributed by atoms with Gasteiger partial charge in [0, 0.05) is 0 Å². The van der Waals surface area contributed by atoms with Crippen molar-refractivity contribution in [2.45, 2.75) is 94.9 Å². The summed E-state index contributed by atoms with van der Waals surface area (Å²) in [6.07, 6.45) is 3.39.